The van der Waals surface area contributed by atoms with Crippen molar-refractivity contribution in [3.63, 3.8) is 0 Å². The first-order valence-electron chi connectivity index (χ1n) is 11.9. The maximum Gasteiger partial charge on any atom is 0.264 e. The average molecular weight is 455 g/mol. The molecule has 1 amide bonds. The molecule has 1 saturated heterocycles. The van der Waals surface area contributed by atoms with Gasteiger partial charge in [0.15, 0.2) is 0 Å². The van der Waals surface area contributed by atoms with E-state index >= 15 is 0 Å². The average Bonchev–Trinajstić information content (AvgIpc) is 3.30. The number of likely N-dealkylation sites (tertiary alicyclic amines) is 1. The molecule has 6 heteroatoms. The second-order valence-electron chi connectivity index (χ2n) is 8.56. The molecule has 3 aromatic rings. The fourth-order valence-corrected chi connectivity index (χ4v) is 4.19. The van der Waals surface area contributed by atoms with Gasteiger partial charge in [-0.1, -0.05) is 25.1 Å². The van der Waals surface area contributed by atoms with Gasteiger partial charge >= 0.3 is 0 Å². The Bertz CT molecular complexity index is 1210. The minimum atomic E-state index is -0.208. The van der Waals surface area contributed by atoms with Gasteiger partial charge in [0, 0.05) is 30.4 Å². The minimum Gasteiger partial charge on any atom is -0.494 e. The molecule has 0 saturated carbocycles. The number of ether oxygens (including phenoxy) is 1. The number of hydrogen-bond acceptors (Lipinski definition) is 4. The lowest BCUT2D eigenvalue weighted by Crippen LogP contribution is -2.36. The molecule has 0 spiro atoms. The Morgan fingerprint density at radius 2 is 1.91 bits per heavy atom. The fraction of sp³-hybridized carbons (Fsp3) is 0.321. The Morgan fingerprint density at radius 1 is 1.15 bits per heavy atom. The van der Waals surface area contributed by atoms with Crippen LogP contribution in [0.1, 0.15) is 43.7 Å². The Kier molecular flexibility index (Phi) is 7.44. The summed E-state index contributed by atoms with van der Waals surface area (Å²) in [6.45, 7) is 6.17. The highest BCUT2D eigenvalue weighted by Crippen LogP contribution is 2.31. The van der Waals surface area contributed by atoms with Crippen molar-refractivity contribution >= 4 is 12.0 Å². The highest BCUT2D eigenvalue weighted by Gasteiger charge is 2.22. The number of aryl methyl sites for hydroxylation is 1. The summed E-state index contributed by atoms with van der Waals surface area (Å²) in [7, 11) is 0. The van der Waals surface area contributed by atoms with Crippen molar-refractivity contribution in [3.05, 3.63) is 71.4 Å². The number of benzene rings is 2. The molecule has 174 valence electrons. The van der Waals surface area contributed by atoms with Gasteiger partial charge in [-0.3, -0.25) is 4.79 Å². The predicted octanol–water partition coefficient (Wildman–Crippen LogP) is 5.56. The number of rotatable bonds is 7. The molecule has 4 rings (SSSR count). The molecule has 1 aliphatic heterocycles. The normalized spacial score (nSPS) is 14.0. The van der Waals surface area contributed by atoms with Crippen LogP contribution >= 0.6 is 0 Å². The molecule has 6 nitrogen and oxygen atoms in total. The number of carbonyl (C=O) groups is 1. The molecule has 34 heavy (non-hydrogen) atoms. The maximum absolute atomic E-state index is 13.1. The monoisotopic (exact) mass is 454 g/mol. The largest absolute Gasteiger partial charge is 0.494 e. The molecule has 0 bridgehead atoms. The van der Waals surface area contributed by atoms with Crippen molar-refractivity contribution in [2.75, 3.05) is 19.7 Å². The third kappa shape index (κ3) is 5.20. The number of piperidine rings is 1. The molecular weight excluding hydrogens is 424 g/mol. The van der Waals surface area contributed by atoms with Crippen LogP contribution in [0, 0.1) is 18.3 Å². The third-order valence-corrected chi connectivity index (χ3v) is 5.98. The summed E-state index contributed by atoms with van der Waals surface area (Å²) in [5.41, 5.74) is 4.45. The second kappa shape index (κ2) is 10.8. The van der Waals surface area contributed by atoms with E-state index in [2.05, 4.69) is 13.0 Å². The van der Waals surface area contributed by atoms with E-state index in [9.17, 15) is 10.1 Å². The summed E-state index contributed by atoms with van der Waals surface area (Å²) in [4.78, 5) is 14.8. The molecule has 1 aliphatic rings. The third-order valence-electron chi connectivity index (χ3n) is 5.98. The lowest BCUT2D eigenvalue weighted by atomic mass is 10.0. The van der Waals surface area contributed by atoms with E-state index in [1.165, 1.54) is 0 Å². The van der Waals surface area contributed by atoms with Gasteiger partial charge in [0.05, 0.1) is 12.3 Å². The number of nitriles is 1. The topological polar surface area (TPSA) is 71.1 Å². The lowest BCUT2D eigenvalue weighted by Gasteiger charge is -2.26. The molecular formula is C28H30N4O2. The Balaban J connectivity index is 1.77. The lowest BCUT2D eigenvalue weighted by molar-refractivity contribution is -0.127. The van der Waals surface area contributed by atoms with E-state index in [0.29, 0.717) is 19.7 Å². The van der Waals surface area contributed by atoms with Crippen LogP contribution in [-0.2, 0) is 4.79 Å². The Labute approximate surface area is 201 Å². The van der Waals surface area contributed by atoms with E-state index in [4.69, 9.17) is 9.84 Å². The number of nitrogens with zero attached hydrogens (tertiary/aromatic N) is 4. The molecule has 0 aliphatic carbocycles. The fourth-order valence-electron chi connectivity index (χ4n) is 4.19. The summed E-state index contributed by atoms with van der Waals surface area (Å²) in [6.07, 6.45) is 7.59. The first-order chi connectivity index (χ1) is 16.6. The van der Waals surface area contributed by atoms with Crippen LogP contribution in [0.25, 0.3) is 23.0 Å². The Morgan fingerprint density at radius 3 is 2.59 bits per heavy atom. The highest BCUT2D eigenvalue weighted by molar-refractivity contribution is 6.02. The standard InChI is InChI=1S/C28H30N4O2/c1-3-16-34-25-12-13-26(21(2)17-25)27-23(20-32(30-27)24-10-6-4-7-11-24)18-22(19-29)28(33)31-14-8-5-9-15-31/h4,6-7,10-13,17-18,20H,3,5,8-9,14-16H2,1-2H3/b22-18+. The van der Waals surface area contributed by atoms with E-state index in [-0.39, 0.29) is 11.5 Å². The molecule has 0 N–H and O–H groups in total. The van der Waals surface area contributed by atoms with E-state index < -0.39 is 0 Å². The minimum absolute atomic E-state index is 0.135. The zero-order chi connectivity index (χ0) is 23.9. The summed E-state index contributed by atoms with van der Waals surface area (Å²) in [6, 6.07) is 17.9. The van der Waals surface area contributed by atoms with Crippen LogP contribution in [0.15, 0.2) is 60.3 Å². The number of aromatic nitrogens is 2. The van der Waals surface area contributed by atoms with Crippen LogP contribution in [-0.4, -0.2) is 40.3 Å². The van der Waals surface area contributed by atoms with Gasteiger partial charge in [-0.05, 0) is 74.6 Å². The summed E-state index contributed by atoms with van der Waals surface area (Å²) >= 11 is 0. The van der Waals surface area contributed by atoms with Crippen molar-refractivity contribution in [2.24, 2.45) is 0 Å². The van der Waals surface area contributed by atoms with Crippen LogP contribution in [0.4, 0.5) is 0 Å². The van der Waals surface area contributed by atoms with Gasteiger partial charge in [-0.25, -0.2) is 4.68 Å². The van der Waals surface area contributed by atoms with Gasteiger partial charge in [0.2, 0.25) is 0 Å². The Hall–Kier alpha value is -3.85. The van der Waals surface area contributed by atoms with Crippen LogP contribution in [0.5, 0.6) is 5.75 Å². The molecule has 0 atom stereocenters. The summed E-state index contributed by atoms with van der Waals surface area (Å²) in [5, 5.41) is 14.7. The number of carbonyl (C=O) groups excluding carboxylic acids is 1. The maximum atomic E-state index is 13.1. The summed E-state index contributed by atoms with van der Waals surface area (Å²) < 4.78 is 7.58. The zero-order valence-electron chi connectivity index (χ0n) is 19.8. The number of para-hydroxylation sites is 1. The van der Waals surface area contributed by atoms with Gasteiger partial charge < -0.3 is 9.64 Å². The number of hydrogen-bond donors (Lipinski definition) is 0. The van der Waals surface area contributed by atoms with Crippen LogP contribution in [0.3, 0.4) is 0 Å². The van der Waals surface area contributed by atoms with Gasteiger partial charge in [0.1, 0.15) is 23.1 Å². The first kappa shape index (κ1) is 23.3. The molecule has 0 radical (unpaired) electrons. The van der Waals surface area contributed by atoms with Crippen molar-refractivity contribution in [2.45, 2.75) is 39.5 Å². The van der Waals surface area contributed by atoms with Crippen molar-refractivity contribution in [3.8, 4) is 28.8 Å². The highest BCUT2D eigenvalue weighted by atomic mass is 16.5. The van der Waals surface area contributed by atoms with Crippen molar-refractivity contribution < 1.29 is 9.53 Å². The molecule has 1 aromatic heterocycles. The first-order valence-corrected chi connectivity index (χ1v) is 11.9. The molecule has 1 fully saturated rings. The van der Waals surface area contributed by atoms with Gasteiger partial charge in [-0.2, -0.15) is 10.4 Å². The van der Waals surface area contributed by atoms with E-state index in [1.807, 2.05) is 61.7 Å². The molecule has 2 aromatic carbocycles. The van der Waals surface area contributed by atoms with Crippen molar-refractivity contribution in [1.82, 2.24) is 14.7 Å². The number of amides is 1. The zero-order valence-corrected chi connectivity index (χ0v) is 19.8. The van der Waals surface area contributed by atoms with Crippen LogP contribution in [0.2, 0.25) is 0 Å². The van der Waals surface area contributed by atoms with E-state index in [0.717, 1.165) is 59.5 Å². The van der Waals surface area contributed by atoms with E-state index in [1.54, 1.807) is 15.7 Å². The summed E-state index contributed by atoms with van der Waals surface area (Å²) in [5.74, 6) is 0.612. The second-order valence-corrected chi connectivity index (χ2v) is 8.56. The van der Waals surface area contributed by atoms with Crippen molar-refractivity contribution in [1.29, 1.82) is 5.26 Å². The molecule has 0 unspecified atom stereocenters. The predicted molar refractivity (Wildman–Crippen MR) is 134 cm³/mol. The van der Waals surface area contributed by atoms with Gasteiger partial charge in [0.25, 0.3) is 5.91 Å². The van der Waals surface area contributed by atoms with Crippen LogP contribution < -0.4 is 4.74 Å². The smallest absolute Gasteiger partial charge is 0.264 e. The quantitative estimate of drug-likeness (QED) is 0.346. The molecule has 2 heterocycles. The SMILES string of the molecule is CCCOc1ccc(-c2nn(-c3ccccc3)cc2/C=C(\C#N)C(=O)N2CCCCC2)c(C)c1. The van der Waals surface area contributed by atoms with Gasteiger partial charge in [-0.15, -0.1) is 0 Å².